The second-order valence-electron chi connectivity index (χ2n) is 5.46. The topological polar surface area (TPSA) is 43.2 Å². The van der Waals surface area contributed by atoms with Crippen molar-refractivity contribution in [3.63, 3.8) is 0 Å². The summed E-state index contributed by atoms with van der Waals surface area (Å²) in [7, 11) is 1.92. The first kappa shape index (κ1) is 14.5. The monoisotopic (exact) mass is 306 g/mol. The van der Waals surface area contributed by atoms with E-state index in [-0.39, 0.29) is 6.10 Å². The number of aryl methyl sites for hydroxylation is 1. The summed E-state index contributed by atoms with van der Waals surface area (Å²) in [5, 5.41) is 4.87. The molecule has 0 saturated carbocycles. The van der Waals surface area contributed by atoms with Crippen molar-refractivity contribution in [2.24, 2.45) is 7.05 Å². The van der Waals surface area contributed by atoms with Gasteiger partial charge in [0.05, 0.1) is 19.3 Å². The minimum absolute atomic E-state index is 0.0492. The summed E-state index contributed by atoms with van der Waals surface area (Å²) in [5.41, 5.74) is 1.12. The molecular weight excluding hydrogens is 288 g/mol. The van der Waals surface area contributed by atoms with Crippen molar-refractivity contribution >= 4 is 11.6 Å². The van der Waals surface area contributed by atoms with Crippen LogP contribution in [-0.4, -0.2) is 38.9 Å². The van der Waals surface area contributed by atoms with Gasteiger partial charge in [0.1, 0.15) is 12.2 Å². The van der Waals surface area contributed by atoms with Crippen LogP contribution in [0.3, 0.4) is 0 Å². The molecule has 1 aliphatic rings. The van der Waals surface area contributed by atoms with Gasteiger partial charge in [-0.2, -0.15) is 5.10 Å². The van der Waals surface area contributed by atoms with Gasteiger partial charge in [-0.05, 0) is 24.6 Å². The van der Waals surface area contributed by atoms with E-state index in [1.165, 1.54) is 0 Å². The third-order valence-electron chi connectivity index (χ3n) is 3.93. The Bertz CT molecular complexity index is 615. The lowest BCUT2D eigenvalue weighted by molar-refractivity contribution is -0.0643. The van der Waals surface area contributed by atoms with Crippen LogP contribution < -0.4 is 0 Å². The van der Waals surface area contributed by atoms with E-state index in [9.17, 15) is 0 Å². The van der Waals surface area contributed by atoms with E-state index in [0.29, 0.717) is 12.6 Å². The average Bonchev–Trinajstić information content (AvgIpc) is 2.87. The van der Waals surface area contributed by atoms with E-state index < -0.39 is 0 Å². The van der Waals surface area contributed by atoms with E-state index in [2.05, 4.69) is 28.0 Å². The molecule has 0 radical (unpaired) electrons. The lowest BCUT2D eigenvalue weighted by atomic mass is 10.1. The Kier molecular flexibility index (Phi) is 4.24. The molecular formula is C15H19ClN4O. The van der Waals surface area contributed by atoms with E-state index in [4.69, 9.17) is 16.3 Å². The maximum atomic E-state index is 6.07. The van der Waals surface area contributed by atoms with Gasteiger partial charge in [0.2, 0.25) is 0 Å². The molecule has 5 nitrogen and oxygen atoms in total. The van der Waals surface area contributed by atoms with E-state index in [1.54, 1.807) is 6.33 Å². The number of rotatable bonds is 3. The van der Waals surface area contributed by atoms with Crippen LogP contribution in [0, 0.1) is 0 Å². The van der Waals surface area contributed by atoms with Crippen molar-refractivity contribution < 1.29 is 4.74 Å². The molecule has 21 heavy (non-hydrogen) atoms. The Labute approximate surface area is 129 Å². The highest BCUT2D eigenvalue weighted by Crippen LogP contribution is 2.27. The molecule has 2 aromatic rings. The first-order valence-electron chi connectivity index (χ1n) is 7.07. The fraction of sp³-hybridized carbons (Fsp3) is 0.467. The predicted octanol–water partition coefficient (Wildman–Crippen LogP) is 2.43. The molecule has 1 aromatic carbocycles. The Morgan fingerprint density at radius 3 is 3.00 bits per heavy atom. The highest BCUT2D eigenvalue weighted by atomic mass is 35.5. The van der Waals surface area contributed by atoms with Crippen LogP contribution in [0.5, 0.6) is 0 Å². The Morgan fingerprint density at radius 1 is 1.43 bits per heavy atom. The predicted molar refractivity (Wildman–Crippen MR) is 81.0 cm³/mol. The normalized spacial score (nSPS) is 23.4. The zero-order valence-electron chi connectivity index (χ0n) is 12.2. The number of benzene rings is 1. The first-order valence-corrected chi connectivity index (χ1v) is 7.45. The number of aromatic nitrogens is 3. The zero-order chi connectivity index (χ0) is 14.8. The van der Waals surface area contributed by atoms with Gasteiger partial charge in [-0.3, -0.25) is 9.58 Å². The number of nitrogens with zero attached hydrogens (tertiary/aromatic N) is 4. The quantitative estimate of drug-likeness (QED) is 0.873. The maximum absolute atomic E-state index is 6.07. The molecule has 2 heterocycles. The molecule has 1 aromatic heterocycles. The maximum Gasteiger partial charge on any atom is 0.140 e. The van der Waals surface area contributed by atoms with Crippen LogP contribution in [0.1, 0.15) is 24.4 Å². The third-order valence-corrected chi connectivity index (χ3v) is 4.17. The lowest BCUT2D eigenvalue weighted by Crippen LogP contribution is -2.44. The summed E-state index contributed by atoms with van der Waals surface area (Å²) in [5.74, 6) is 0.966. The second-order valence-corrected chi connectivity index (χ2v) is 5.89. The SMILES string of the molecule is CC1COC(c2cccc(Cl)c2)CN1Cc1ncnn1C. The number of ether oxygens (including phenoxy) is 1. The molecule has 112 valence electrons. The lowest BCUT2D eigenvalue weighted by Gasteiger charge is -2.37. The van der Waals surface area contributed by atoms with Crippen molar-refractivity contribution in [3.8, 4) is 0 Å². The summed E-state index contributed by atoms with van der Waals surface area (Å²) in [4.78, 5) is 6.68. The molecule has 0 bridgehead atoms. The van der Waals surface area contributed by atoms with E-state index in [0.717, 1.165) is 29.5 Å². The second kappa shape index (κ2) is 6.13. The summed E-state index contributed by atoms with van der Waals surface area (Å²) in [6.45, 7) is 4.48. The van der Waals surface area contributed by atoms with Crippen LogP contribution in [-0.2, 0) is 18.3 Å². The number of halogens is 1. The van der Waals surface area contributed by atoms with Crippen molar-refractivity contribution in [2.75, 3.05) is 13.2 Å². The highest BCUT2D eigenvalue weighted by molar-refractivity contribution is 6.30. The van der Waals surface area contributed by atoms with Gasteiger partial charge in [0.15, 0.2) is 0 Å². The smallest absolute Gasteiger partial charge is 0.140 e. The summed E-state index contributed by atoms with van der Waals surface area (Å²) in [6.07, 6.45) is 1.64. The molecule has 0 aliphatic carbocycles. The van der Waals surface area contributed by atoms with Crippen LogP contribution in [0.15, 0.2) is 30.6 Å². The Morgan fingerprint density at radius 2 is 2.29 bits per heavy atom. The number of morpholine rings is 1. The molecule has 1 aliphatic heterocycles. The van der Waals surface area contributed by atoms with Gasteiger partial charge in [-0.15, -0.1) is 0 Å². The van der Waals surface area contributed by atoms with Gasteiger partial charge in [-0.1, -0.05) is 23.7 Å². The molecule has 1 saturated heterocycles. The zero-order valence-corrected chi connectivity index (χ0v) is 13.0. The minimum atomic E-state index is 0.0492. The van der Waals surface area contributed by atoms with Crippen molar-refractivity contribution in [1.82, 2.24) is 19.7 Å². The molecule has 1 fully saturated rings. The Balaban J connectivity index is 1.74. The van der Waals surface area contributed by atoms with Crippen molar-refractivity contribution in [1.29, 1.82) is 0 Å². The molecule has 0 amide bonds. The van der Waals surface area contributed by atoms with Crippen LogP contribution in [0.4, 0.5) is 0 Å². The molecule has 2 atom stereocenters. The van der Waals surface area contributed by atoms with Gasteiger partial charge in [0.25, 0.3) is 0 Å². The van der Waals surface area contributed by atoms with Gasteiger partial charge in [-0.25, -0.2) is 4.98 Å². The van der Waals surface area contributed by atoms with Gasteiger partial charge < -0.3 is 4.74 Å². The summed E-state index contributed by atoms with van der Waals surface area (Å²) >= 11 is 6.07. The van der Waals surface area contributed by atoms with Crippen LogP contribution in [0.2, 0.25) is 5.02 Å². The largest absolute Gasteiger partial charge is 0.371 e. The van der Waals surface area contributed by atoms with Crippen molar-refractivity contribution in [3.05, 3.63) is 47.0 Å². The molecule has 2 unspecified atom stereocenters. The first-order chi connectivity index (χ1) is 10.1. The van der Waals surface area contributed by atoms with Crippen LogP contribution in [0.25, 0.3) is 0 Å². The summed E-state index contributed by atoms with van der Waals surface area (Å²) < 4.78 is 7.78. The minimum Gasteiger partial charge on any atom is -0.371 e. The fourth-order valence-corrected chi connectivity index (χ4v) is 2.78. The molecule has 0 N–H and O–H groups in total. The summed E-state index contributed by atoms with van der Waals surface area (Å²) in [6, 6.07) is 8.24. The average molecular weight is 307 g/mol. The molecule has 3 rings (SSSR count). The molecule has 0 spiro atoms. The highest BCUT2D eigenvalue weighted by Gasteiger charge is 2.28. The fourth-order valence-electron chi connectivity index (χ4n) is 2.58. The van der Waals surface area contributed by atoms with Crippen molar-refractivity contribution in [2.45, 2.75) is 25.6 Å². The van der Waals surface area contributed by atoms with Gasteiger partial charge in [0, 0.05) is 24.7 Å². The van der Waals surface area contributed by atoms with Gasteiger partial charge >= 0.3 is 0 Å². The van der Waals surface area contributed by atoms with Crippen LogP contribution >= 0.6 is 11.6 Å². The number of hydrogen-bond donors (Lipinski definition) is 0. The van der Waals surface area contributed by atoms with E-state index >= 15 is 0 Å². The number of hydrogen-bond acceptors (Lipinski definition) is 4. The van der Waals surface area contributed by atoms with E-state index in [1.807, 2.05) is 29.9 Å². The molecule has 6 heteroatoms. The third kappa shape index (κ3) is 3.26. The Hall–Kier alpha value is -1.43. The standard InChI is InChI=1S/C15H19ClN4O/c1-11-9-21-14(12-4-3-5-13(16)6-12)7-20(11)8-15-17-10-18-19(15)2/h3-6,10-11,14H,7-9H2,1-2H3.